The lowest BCUT2D eigenvalue weighted by Gasteiger charge is -2.08. The van der Waals surface area contributed by atoms with Crippen molar-refractivity contribution in [1.82, 2.24) is 18.7 Å². The van der Waals surface area contributed by atoms with E-state index in [2.05, 4.69) is 4.98 Å². The number of hydrogen-bond acceptors (Lipinski definition) is 3. The molecule has 0 N–H and O–H groups in total. The van der Waals surface area contributed by atoms with Crippen molar-refractivity contribution in [1.29, 1.82) is 0 Å². The van der Waals surface area contributed by atoms with E-state index in [9.17, 15) is 9.59 Å². The second kappa shape index (κ2) is 5.48. The quantitative estimate of drug-likeness (QED) is 0.765. The fourth-order valence-electron chi connectivity index (χ4n) is 1.83. The molecule has 0 spiro atoms. The van der Waals surface area contributed by atoms with Crippen LogP contribution in [0.5, 0.6) is 0 Å². The van der Waals surface area contributed by atoms with Crippen LogP contribution in [0.3, 0.4) is 0 Å². The van der Waals surface area contributed by atoms with Gasteiger partial charge in [0.15, 0.2) is 0 Å². The molecule has 0 aromatic carbocycles. The third-order valence-electron chi connectivity index (χ3n) is 2.84. The largest absolute Gasteiger partial charge is 0.337 e. The summed E-state index contributed by atoms with van der Waals surface area (Å²) in [7, 11) is 0. The molecule has 0 saturated heterocycles. The summed E-state index contributed by atoms with van der Waals surface area (Å²) in [4.78, 5) is 27.5. The van der Waals surface area contributed by atoms with Gasteiger partial charge in [-0.25, -0.2) is 9.78 Å². The molecule has 18 heavy (non-hydrogen) atoms. The molecule has 0 saturated carbocycles. The van der Waals surface area contributed by atoms with Crippen LogP contribution in [0, 0.1) is 0 Å². The van der Waals surface area contributed by atoms with E-state index in [-0.39, 0.29) is 11.2 Å². The molecule has 0 aliphatic carbocycles. The van der Waals surface area contributed by atoms with E-state index in [1.165, 1.54) is 21.4 Å². The number of aromatic nitrogens is 4. The fourth-order valence-corrected chi connectivity index (χ4v) is 1.83. The predicted molar refractivity (Wildman–Crippen MR) is 67.5 cm³/mol. The van der Waals surface area contributed by atoms with Gasteiger partial charge in [0.1, 0.15) is 0 Å². The first-order valence-electron chi connectivity index (χ1n) is 5.98. The van der Waals surface area contributed by atoms with Crippen molar-refractivity contribution in [2.24, 2.45) is 0 Å². The summed E-state index contributed by atoms with van der Waals surface area (Å²) in [5.41, 5.74) is -0.481. The van der Waals surface area contributed by atoms with Crippen LogP contribution in [-0.4, -0.2) is 18.7 Å². The number of imidazole rings is 1. The minimum atomic E-state index is -0.240. The number of rotatable bonds is 5. The van der Waals surface area contributed by atoms with E-state index < -0.39 is 0 Å². The van der Waals surface area contributed by atoms with Crippen LogP contribution in [0.25, 0.3) is 0 Å². The normalized spacial score (nSPS) is 10.7. The molecule has 0 amide bonds. The van der Waals surface area contributed by atoms with Crippen LogP contribution in [0.4, 0.5) is 0 Å². The summed E-state index contributed by atoms with van der Waals surface area (Å²) in [6.45, 7) is 3.62. The molecule has 6 nitrogen and oxygen atoms in total. The van der Waals surface area contributed by atoms with Crippen LogP contribution >= 0.6 is 0 Å². The van der Waals surface area contributed by atoms with Gasteiger partial charge in [-0.2, -0.15) is 0 Å². The van der Waals surface area contributed by atoms with Crippen molar-refractivity contribution in [3.05, 3.63) is 51.8 Å². The van der Waals surface area contributed by atoms with Crippen molar-refractivity contribution >= 4 is 0 Å². The Kier molecular flexibility index (Phi) is 3.76. The maximum Gasteiger partial charge on any atom is 0.330 e. The zero-order valence-corrected chi connectivity index (χ0v) is 10.3. The molecule has 2 aromatic heterocycles. The Bertz CT molecular complexity index is 610. The zero-order chi connectivity index (χ0) is 13.0. The molecule has 2 rings (SSSR count). The van der Waals surface area contributed by atoms with Gasteiger partial charge in [0.05, 0.1) is 6.33 Å². The van der Waals surface area contributed by atoms with E-state index in [0.29, 0.717) is 13.1 Å². The van der Waals surface area contributed by atoms with Crippen LogP contribution in [-0.2, 0) is 19.6 Å². The Labute approximate surface area is 104 Å². The van der Waals surface area contributed by atoms with E-state index >= 15 is 0 Å². The highest BCUT2D eigenvalue weighted by Crippen LogP contribution is 1.92. The maximum absolute atomic E-state index is 11.9. The van der Waals surface area contributed by atoms with E-state index in [4.69, 9.17) is 0 Å². The summed E-state index contributed by atoms with van der Waals surface area (Å²) < 4.78 is 4.73. The van der Waals surface area contributed by atoms with Crippen LogP contribution < -0.4 is 11.2 Å². The van der Waals surface area contributed by atoms with Crippen molar-refractivity contribution in [2.75, 3.05) is 0 Å². The first kappa shape index (κ1) is 12.3. The SMILES string of the molecule is CCn1ccc(=O)n(CCCn2ccnc2)c1=O. The van der Waals surface area contributed by atoms with Crippen molar-refractivity contribution < 1.29 is 0 Å². The summed E-state index contributed by atoms with van der Waals surface area (Å²) in [5.74, 6) is 0. The highest BCUT2D eigenvalue weighted by Gasteiger charge is 2.03. The van der Waals surface area contributed by atoms with Gasteiger partial charge in [-0.3, -0.25) is 9.36 Å². The van der Waals surface area contributed by atoms with Gasteiger partial charge in [-0.15, -0.1) is 0 Å². The van der Waals surface area contributed by atoms with Crippen LogP contribution in [0.2, 0.25) is 0 Å². The van der Waals surface area contributed by atoms with E-state index in [1.807, 2.05) is 17.7 Å². The van der Waals surface area contributed by atoms with E-state index in [1.54, 1.807) is 12.5 Å². The standard InChI is InChI=1S/C12H16N4O2/c1-2-15-8-4-11(17)16(12(15)18)7-3-6-14-9-5-13-10-14/h4-5,8-10H,2-3,6-7H2,1H3. The van der Waals surface area contributed by atoms with Gasteiger partial charge in [-0.05, 0) is 13.3 Å². The second-order valence-electron chi connectivity index (χ2n) is 4.03. The van der Waals surface area contributed by atoms with Crippen LogP contribution in [0.15, 0.2) is 40.6 Å². The van der Waals surface area contributed by atoms with Gasteiger partial charge in [-0.1, -0.05) is 0 Å². The average molecular weight is 248 g/mol. The van der Waals surface area contributed by atoms with Crippen molar-refractivity contribution in [3.63, 3.8) is 0 Å². The molecule has 0 aliphatic rings. The van der Waals surface area contributed by atoms with Crippen molar-refractivity contribution in [2.45, 2.75) is 33.0 Å². The number of aryl methyl sites for hydroxylation is 2. The highest BCUT2D eigenvalue weighted by molar-refractivity contribution is 4.86. The molecular weight excluding hydrogens is 232 g/mol. The second-order valence-corrected chi connectivity index (χ2v) is 4.03. The molecule has 0 unspecified atom stereocenters. The smallest absolute Gasteiger partial charge is 0.330 e. The van der Waals surface area contributed by atoms with Gasteiger partial charge < -0.3 is 9.13 Å². The third-order valence-corrected chi connectivity index (χ3v) is 2.84. The molecule has 2 aromatic rings. The third kappa shape index (κ3) is 2.58. The summed E-state index contributed by atoms with van der Waals surface area (Å²) in [6.07, 6.45) is 7.55. The Hall–Kier alpha value is -2.11. The lowest BCUT2D eigenvalue weighted by Crippen LogP contribution is -2.38. The van der Waals surface area contributed by atoms with Gasteiger partial charge in [0.2, 0.25) is 0 Å². The molecule has 0 bridgehead atoms. The maximum atomic E-state index is 11.9. The lowest BCUT2D eigenvalue weighted by atomic mass is 10.4. The molecule has 0 fully saturated rings. The first-order valence-corrected chi connectivity index (χ1v) is 5.98. The van der Waals surface area contributed by atoms with E-state index in [0.717, 1.165) is 13.0 Å². The molecule has 2 heterocycles. The molecule has 0 aliphatic heterocycles. The minimum absolute atomic E-state index is 0.240. The molecule has 0 radical (unpaired) electrons. The molecule has 6 heteroatoms. The Morgan fingerprint density at radius 3 is 2.72 bits per heavy atom. The molecular formula is C12H16N4O2. The van der Waals surface area contributed by atoms with Gasteiger partial charge in [0.25, 0.3) is 5.56 Å². The monoisotopic (exact) mass is 248 g/mol. The lowest BCUT2D eigenvalue weighted by molar-refractivity contribution is 0.510. The Morgan fingerprint density at radius 2 is 2.06 bits per heavy atom. The topological polar surface area (TPSA) is 61.8 Å². The fraction of sp³-hybridized carbons (Fsp3) is 0.417. The average Bonchev–Trinajstić information content (AvgIpc) is 2.86. The van der Waals surface area contributed by atoms with Crippen LogP contribution in [0.1, 0.15) is 13.3 Å². The van der Waals surface area contributed by atoms with Crippen molar-refractivity contribution in [3.8, 4) is 0 Å². The number of nitrogens with zero attached hydrogens (tertiary/aromatic N) is 4. The molecule has 0 atom stereocenters. The predicted octanol–water partition coefficient (Wildman–Crippen LogP) is 0.317. The number of hydrogen-bond donors (Lipinski definition) is 0. The summed E-state index contributed by atoms with van der Waals surface area (Å²) in [5, 5.41) is 0. The minimum Gasteiger partial charge on any atom is -0.337 e. The Balaban J connectivity index is 2.09. The van der Waals surface area contributed by atoms with Gasteiger partial charge in [0, 0.05) is 44.3 Å². The first-order chi connectivity index (χ1) is 8.72. The van der Waals surface area contributed by atoms with Gasteiger partial charge >= 0.3 is 5.69 Å². The highest BCUT2D eigenvalue weighted by atomic mass is 16.2. The zero-order valence-electron chi connectivity index (χ0n) is 10.3. The summed E-state index contributed by atoms with van der Waals surface area (Å²) in [6, 6.07) is 1.43. The Morgan fingerprint density at radius 1 is 1.22 bits per heavy atom. The molecule has 96 valence electrons. The summed E-state index contributed by atoms with van der Waals surface area (Å²) >= 11 is 0.